The van der Waals surface area contributed by atoms with Crippen molar-refractivity contribution >= 4 is 11.8 Å². The molecule has 0 atom stereocenters. The summed E-state index contributed by atoms with van der Waals surface area (Å²) in [6.07, 6.45) is 0. The van der Waals surface area contributed by atoms with Crippen molar-refractivity contribution in [1.29, 1.82) is 0 Å². The van der Waals surface area contributed by atoms with E-state index in [0.29, 0.717) is 28.0 Å². The number of nitrogens with one attached hydrogen (secondary N) is 1. The first-order valence-corrected chi connectivity index (χ1v) is 9.02. The van der Waals surface area contributed by atoms with Crippen LogP contribution in [-0.4, -0.2) is 16.9 Å². The molecule has 0 saturated heterocycles. The quantitative estimate of drug-likeness (QED) is 0.628. The monoisotopic (exact) mass is 371 g/mol. The second-order valence-electron chi connectivity index (χ2n) is 7.54. The van der Waals surface area contributed by atoms with Gasteiger partial charge in [0.1, 0.15) is 17.1 Å². The smallest absolute Gasteiger partial charge is 0.259 e. The lowest BCUT2D eigenvalue weighted by Crippen LogP contribution is -2.32. The normalized spacial score (nSPS) is 15.9. The van der Waals surface area contributed by atoms with Crippen molar-refractivity contribution in [3.05, 3.63) is 71.3 Å². The zero-order chi connectivity index (χ0) is 19.6. The molecule has 28 heavy (non-hydrogen) atoms. The van der Waals surface area contributed by atoms with Gasteiger partial charge in [0.25, 0.3) is 11.8 Å². The number of aromatic hydroxyl groups is 1. The largest absolute Gasteiger partial charge is 0.508 e. The molecular weight excluding hydrogens is 354 g/mol. The summed E-state index contributed by atoms with van der Waals surface area (Å²) in [6.45, 7) is 3.72. The Bertz CT molecular complexity index is 1180. The van der Waals surface area contributed by atoms with Crippen molar-refractivity contribution in [2.45, 2.75) is 19.4 Å². The van der Waals surface area contributed by atoms with Gasteiger partial charge in [-0.25, -0.2) is 0 Å². The zero-order valence-corrected chi connectivity index (χ0v) is 15.4. The van der Waals surface area contributed by atoms with Gasteiger partial charge in [0.15, 0.2) is 0 Å². The Labute approximate surface area is 161 Å². The third-order valence-electron chi connectivity index (χ3n) is 5.32. The highest BCUT2D eigenvalue weighted by molar-refractivity contribution is 6.25. The third-order valence-corrected chi connectivity index (χ3v) is 5.32. The first-order chi connectivity index (χ1) is 13.4. The summed E-state index contributed by atoms with van der Waals surface area (Å²) < 4.78 is 6.13. The summed E-state index contributed by atoms with van der Waals surface area (Å²) >= 11 is 0. The van der Waals surface area contributed by atoms with Crippen LogP contribution in [-0.2, 0) is 5.60 Å². The Morgan fingerprint density at radius 2 is 1.57 bits per heavy atom. The van der Waals surface area contributed by atoms with Crippen molar-refractivity contribution in [3.8, 4) is 33.8 Å². The second-order valence-corrected chi connectivity index (χ2v) is 7.54. The van der Waals surface area contributed by atoms with Gasteiger partial charge in [0.2, 0.25) is 0 Å². The number of hydrogen-bond donors (Lipinski definition) is 2. The molecule has 3 aromatic carbocycles. The molecule has 0 fully saturated rings. The molecule has 2 aliphatic rings. The van der Waals surface area contributed by atoms with Crippen LogP contribution < -0.4 is 10.1 Å². The summed E-state index contributed by atoms with van der Waals surface area (Å²) in [5.74, 6) is -0.154. The molecule has 0 aliphatic carbocycles. The molecule has 0 aromatic heterocycles. The van der Waals surface area contributed by atoms with E-state index < -0.39 is 17.4 Å². The lowest BCUT2D eigenvalue weighted by Gasteiger charge is -2.36. The van der Waals surface area contributed by atoms with E-state index in [2.05, 4.69) is 5.32 Å². The molecular formula is C23H17NO4. The van der Waals surface area contributed by atoms with Crippen molar-refractivity contribution < 1.29 is 19.4 Å². The van der Waals surface area contributed by atoms with Gasteiger partial charge < -0.3 is 9.84 Å². The van der Waals surface area contributed by atoms with Crippen LogP contribution in [0.4, 0.5) is 0 Å². The van der Waals surface area contributed by atoms with E-state index in [0.717, 1.165) is 16.7 Å². The first kappa shape index (κ1) is 16.6. The maximum Gasteiger partial charge on any atom is 0.259 e. The van der Waals surface area contributed by atoms with Gasteiger partial charge in [0.05, 0.1) is 11.1 Å². The highest BCUT2D eigenvalue weighted by Gasteiger charge is 2.43. The standard InChI is InChI=1S/C23H17NO4/c1-23(2)20-16(14-9-8-13(25)10-17(14)28-23)11-15(12-6-4-3-5-7-12)18-19(20)22(27)24-21(18)26/h3-11,25H,1-2H3,(H,24,26,27). The van der Waals surface area contributed by atoms with Gasteiger partial charge in [-0.15, -0.1) is 0 Å². The minimum Gasteiger partial charge on any atom is -0.508 e. The predicted octanol–water partition coefficient (Wildman–Crippen LogP) is 4.24. The second kappa shape index (κ2) is 5.45. The highest BCUT2D eigenvalue weighted by atomic mass is 16.5. The first-order valence-electron chi connectivity index (χ1n) is 9.02. The Morgan fingerprint density at radius 1 is 0.857 bits per heavy atom. The van der Waals surface area contributed by atoms with Gasteiger partial charge >= 0.3 is 0 Å². The summed E-state index contributed by atoms with van der Waals surface area (Å²) in [6, 6.07) is 16.4. The Hall–Kier alpha value is -3.60. The van der Waals surface area contributed by atoms with E-state index in [1.807, 2.05) is 50.2 Å². The average molecular weight is 371 g/mol. The molecule has 0 bridgehead atoms. The van der Waals surface area contributed by atoms with E-state index in [9.17, 15) is 14.7 Å². The number of hydrogen-bond acceptors (Lipinski definition) is 4. The Kier molecular flexibility index (Phi) is 3.23. The number of imide groups is 1. The molecule has 2 amide bonds. The van der Waals surface area contributed by atoms with Crippen molar-refractivity contribution in [2.24, 2.45) is 0 Å². The molecule has 0 saturated carbocycles. The topological polar surface area (TPSA) is 75.6 Å². The lowest BCUT2D eigenvalue weighted by molar-refractivity contribution is 0.0863. The van der Waals surface area contributed by atoms with Crippen LogP contribution in [0.5, 0.6) is 11.5 Å². The summed E-state index contributed by atoms with van der Waals surface area (Å²) in [5, 5.41) is 12.3. The van der Waals surface area contributed by atoms with E-state index in [1.54, 1.807) is 18.2 Å². The van der Waals surface area contributed by atoms with Crippen LogP contribution in [0, 0.1) is 0 Å². The number of amides is 2. The molecule has 138 valence electrons. The third kappa shape index (κ3) is 2.19. The van der Waals surface area contributed by atoms with E-state index in [1.165, 1.54) is 0 Å². The van der Waals surface area contributed by atoms with Gasteiger partial charge in [-0.3, -0.25) is 14.9 Å². The molecule has 0 spiro atoms. The zero-order valence-electron chi connectivity index (χ0n) is 15.4. The van der Waals surface area contributed by atoms with E-state index in [4.69, 9.17) is 4.74 Å². The minimum absolute atomic E-state index is 0.107. The SMILES string of the molecule is CC1(C)Oc2cc(O)ccc2-c2cc(-c3ccccc3)c3c(c21)C(=O)NC3=O. The van der Waals surface area contributed by atoms with Crippen LogP contribution >= 0.6 is 0 Å². The van der Waals surface area contributed by atoms with Gasteiger partial charge in [0, 0.05) is 17.2 Å². The molecule has 5 heteroatoms. The van der Waals surface area contributed by atoms with Crippen molar-refractivity contribution in [1.82, 2.24) is 5.32 Å². The summed E-state index contributed by atoms with van der Waals surface area (Å²) in [4.78, 5) is 25.4. The number of rotatable bonds is 1. The maximum absolute atomic E-state index is 12.8. The number of carbonyl (C=O) groups is 2. The fourth-order valence-corrected chi connectivity index (χ4v) is 4.20. The Morgan fingerprint density at radius 3 is 2.32 bits per heavy atom. The van der Waals surface area contributed by atoms with E-state index >= 15 is 0 Å². The number of phenols is 1. The molecule has 0 unspecified atom stereocenters. The molecule has 5 nitrogen and oxygen atoms in total. The minimum atomic E-state index is -0.850. The van der Waals surface area contributed by atoms with Crippen molar-refractivity contribution in [3.63, 3.8) is 0 Å². The average Bonchev–Trinajstić information content (AvgIpc) is 2.95. The molecule has 2 aliphatic heterocycles. The lowest BCUT2D eigenvalue weighted by atomic mass is 9.79. The van der Waals surface area contributed by atoms with Crippen LogP contribution in [0.15, 0.2) is 54.6 Å². The fraction of sp³-hybridized carbons (Fsp3) is 0.130. The van der Waals surface area contributed by atoms with Gasteiger partial charge in [-0.05, 0) is 48.7 Å². The van der Waals surface area contributed by atoms with Gasteiger partial charge in [-0.1, -0.05) is 30.3 Å². The predicted molar refractivity (Wildman–Crippen MR) is 104 cm³/mol. The Balaban J connectivity index is 1.93. The highest BCUT2D eigenvalue weighted by Crippen LogP contribution is 2.50. The molecule has 0 radical (unpaired) electrons. The number of ether oxygens (including phenoxy) is 1. The van der Waals surface area contributed by atoms with Crippen LogP contribution in [0.25, 0.3) is 22.3 Å². The summed E-state index contributed by atoms with van der Waals surface area (Å²) in [5.41, 5.74) is 3.75. The molecule has 5 rings (SSSR count). The maximum atomic E-state index is 12.8. The van der Waals surface area contributed by atoms with Crippen molar-refractivity contribution in [2.75, 3.05) is 0 Å². The van der Waals surface area contributed by atoms with Crippen LogP contribution in [0.1, 0.15) is 40.1 Å². The molecule has 2 N–H and O–H groups in total. The van der Waals surface area contributed by atoms with Crippen LogP contribution in [0.2, 0.25) is 0 Å². The van der Waals surface area contributed by atoms with Crippen LogP contribution in [0.3, 0.4) is 0 Å². The molecule has 3 aromatic rings. The number of fused-ring (bicyclic) bond motifs is 5. The van der Waals surface area contributed by atoms with Gasteiger partial charge in [-0.2, -0.15) is 0 Å². The van der Waals surface area contributed by atoms with E-state index in [-0.39, 0.29) is 5.75 Å². The summed E-state index contributed by atoms with van der Waals surface area (Å²) in [7, 11) is 0. The number of phenolic OH excluding ortho intramolecular Hbond substituents is 1. The molecule has 2 heterocycles. The number of benzene rings is 3. The number of carbonyl (C=O) groups excluding carboxylic acids is 2. The fourth-order valence-electron chi connectivity index (χ4n) is 4.20.